The van der Waals surface area contributed by atoms with E-state index in [1.807, 2.05) is 0 Å². The second-order valence-electron chi connectivity index (χ2n) is 4.55. The molecule has 1 aromatic heterocycles. The van der Waals surface area contributed by atoms with E-state index in [-0.39, 0.29) is 6.42 Å². The van der Waals surface area contributed by atoms with Gasteiger partial charge in [-0.25, -0.2) is 0 Å². The van der Waals surface area contributed by atoms with E-state index in [1.54, 1.807) is 10.9 Å². The maximum Gasteiger partial charge on any atom is 0.320 e. The predicted molar refractivity (Wildman–Crippen MR) is 62.9 cm³/mol. The number of rotatable bonds is 6. The van der Waals surface area contributed by atoms with Crippen molar-refractivity contribution in [2.24, 2.45) is 5.73 Å². The van der Waals surface area contributed by atoms with Gasteiger partial charge in [0.2, 0.25) is 0 Å². The molecule has 0 bridgehead atoms. The number of carboxylic acids is 1. The number of carboxylic acid groups (broad SMARTS) is 1. The SMILES string of the molecule is NC(Cc1cn(CCC2CCCO2)nn1)C(=O)O. The normalized spacial score (nSPS) is 21.1. The van der Waals surface area contributed by atoms with E-state index >= 15 is 0 Å². The van der Waals surface area contributed by atoms with Crippen LogP contribution in [0.5, 0.6) is 0 Å². The Labute approximate surface area is 105 Å². The van der Waals surface area contributed by atoms with Crippen LogP contribution in [0.1, 0.15) is 25.0 Å². The summed E-state index contributed by atoms with van der Waals surface area (Å²) in [6, 6.07) is -0.923. The summed E-state index contributed by atoms with van der Waals surface area (Å²) in [6.45, 7) is 1.58. The lowest BCUT2D eigenvalue weighted by Gasteiger charge is -2.07. The topological polar surface area (TPSA) is 103 Å². The number of nitrogens with two attached hydrogens (primary N) is 1. The number of hydrogen-bond acceptors (Lipinski definition) is 5. The molecule has 2 rings (SSSR count). The Bertz CT molecular complexity index is 401. The zero-order valence-corrected chi connectivity index (χ0v) is 10.2. The summed E-state index contributed by atoms with van der Waals surface area (Å²) in [5, 5.41) is 16.6. The molecule has 1 aliphatic rings. The minimum absolute atomic E-state index is 0.204. The molecule has 2 atom stereocenters. The van der Waals surface area contributed by atoms with Crippen molar-refractivity contribution in [1.29, 1.82) is 0 Å². The molecule has 1 fully saturated rings. The first-order valence-corrected chi connectivity index (χ1v) is 6.14. The van der Waals surface area contributed by atoms with Crippen LogP contribution in [0.15, 0.2) is 6.20 Å². The van der Waals surface area contributed by atoms with Crippen molar-refractivity contribution in [1.82, 2.24) is 15.0 Å². The quantitative estimate of drug-likeness (QED) is 0.728. The smallest absolute Gasteiger partial charge is 0.320 e. The van der Waals surface area contributed by atoms with Crippen molar-refractivity contribution in [2.75, 3.05) is 6.61 Å². The third-order valence-corrected chi connectivity index (χ3v) is 3.04. The minimum Gasteiger partial charge on any atom is -0.480 e. The second kappa shape index (κ2) is 5.92. The number of hydrogen-bond donors (Lipinski definition) is 2. The fraction of sp³-hybridized carbons (Fsp3) is 0.727. The van der Waals surface area contributed by atoms with Gasteiger partial charge in [0.05, 0.1) is 11.8 Å². The lowest BCUT2D eigenvalue weighted by molar-refractivity contribution is -0.138. The Hall–Kier alpha value is -1.47. The predicted octanol–water partition coefficient (Wildman–Crippen LogP) is -0.198. The van der Waals surface area contributed by atoms with E-state index in [4.69, 9.17) is 15.6 Å². The molecule has 18 heavy (non-hydrogen) atoms. The average molecular weight is 254 g/mol. The van der Waals surface area contributed by atoms with E-state index < -0.39 is 12.0 Å². The molecule has 7 heteroatoms. The molecule has 7 nitrogen and oxygen atoms in total. The first-order valence-electron chi connectivity index (χ1n) is 6.14. The van der Waals surface area contributed by atoms with E-state index in [0.29, 0.717) is 11.8 Å². The molecule has 100 valence electrons. The third-order valence-electron chi connectivity index (χ3n) is 3.04. The van der Waals surface area contributed by atoms with Crippen LogP contribution in [-0.4, -0.2) is 44.8 Å². The van der Waals surface area contributed by atoms with Crippen molar-refractivity contribution in [2.45, 2.75) is 44.4 Å². The molecule has 0 aliphatic carbocycles. The van der Waals surface area contributed by atoms with Crippen molar-refractivity contribution in [3.8, 4) is 0 Å². The number of carbonyl (C=O) groups is 1. The molecule has 1 saturated heterocycles. The largest absolute Gasteiger partial charge is 0.480 e. The van der Waals surface area contributed by atoms with Crippen LogP contribution in [0.4, 0.5) is 0 Å². The summed E-state index contributed by atoms with van der Waals surface area (Å²) in [6.07, 6.45) is 5.41. The standard InChI is InChI=1S/C11H18N4O3/c12-10(11(16)17)6-8-7-15(14-13-8)4-3-9-2-1-5-18-9/h7,9-10H,1-6,12H2,(H,16,17). The van der Waals surface area contributed by atoms with Gasteiger partial charge in [-0.2, -0.15) is 0 Å². The Morgan fingerprint density at radius 3 is 3.22 bits per heavy atom. The van der Waals surface area contributed by atoms with E-state index in [9.17, 15) is 4.79 Å². The van der Waals surface area contributed by atoms with Crippen molar-refractivity contribution >= 4 is 5.97 Å². The maximum absolute atomic E-state index is 10.6. The van der Waals surface area contributed by atoms with Gasteiger partial charge in [-0.3, -0.25) is 9.48 Å². The van der Waals surface area contributed by atoms with Crippen LogP contribution >= 0.6 is 0 Å². The van der Waals surface area contributed by atoms with Gasteiger partial charge in [0.15, 0.2) is 0 Å². The van der Waals surface area contributed by atoms with Gasteiger partial charge in [-0.15, -0.1) is 5.10 Å². The molecule has 0 aromatic carbocycles. The lowest BCUT2D eigenvalue weighted by Crippen LogP contribution is -2.32. The zero-order chi connectivity index (χ0) is 13.0. The van der Waals surface area contributed by atoms with Gasteiger partial charge in [0, 0.05) is 25.8 Å². The van der Waals surface area contributed by atoms with E-state index in [0.717, 1.165) is 32.4 Å². The van der Waals surface area contributed by atoms with E-state index in [2.05, 4.69) is 10.3 Å². The molecule has 3 N–H and O–H groups in total. The number of aromatic nitrogens is 3. The van der Waals surface area contributed by atoms with Crippen LogP contribution in [-0.2, 0) is 22.5 Å². The monoisotopic (exact) mass is 254 g/mol. The summed E-state index contributed by atoms with van der Waals surface area (Å²) in [4.78, 5) is 10.6. The van der Waals surface area contributed by atoms with Crippen LogP contribution in [0.25, 0.3) is 0 Å². The summed E-state index contributed by atoms with van der Waals surface area (Å²) in [5.74, 6) is -1.02. The van der Waals surface area contributed by atoms with Crippen LogP contribution in [0.2, 0.25) is 0 Å². The van der Waals surface area contributed by atoms with Crippen LogP contribution in [0.3, 0.4) is 0 Å². The number of nitrogens with zero attached hydrogens (tertiary/aromatic N) is 3. The molecule has 1 aromatic rings. The minimum atomic E-state index is -1.02. The molecule has 0 radical (unpaired) electrons. The molecular weight excluding hydrogens is 236 g/mol. The highest BCUT2D eigenvalue weighted by Gasteiger charge is 2.17. The lowest BCUT2D eigenvalue weighted by atomic mass is 10.2. The summed E-state index contributed by atoms with van der Waals surface area (Å²) in [5.41, 5.74) is 6.04. The van der Waals surface area contributed by atoms with Gasteiger partial charge >= 0.3 is 5.97 Å². The summed E-state index contributed by atoms with van der Waals surface area (Å²) in [7, 11) is 0. The Morgan fingerprint density at radius 1 is 1.72 bits per heavy atom. The summed E-state index contributed by atoms with van der Waals surface area (Å²) >= 11 is 0. The average Bonchev–Trinajstić information content (AvgIpc) is 2.96. The Kier molecular flexibility index (Phi) is 4.27. The van der Waals surface area contributed by atoms with Crippen molar-refractivity contribution < 1.29 is 14.6 Å². The van der Waals surface area contributed by atoms with Crippen LogP contribution in [0, 0.1) is 0 Å². The first kappa shape index (κ1) is 13.0. The molecule has 2 heterocycles. The summed E-state index contributed by atoms with van der Waals surface area (Å²) < 4.78 is 7.23. The van der Waals surface area contributed by atoms with Gasteiger partial charge in [-0.05, 0) is 19.3 Å². The number of aliphatic carboxylic acids is 1. The molecular formula is C11H18N4O3. The molecule has 0 saturated carbocycles. The van der Waals surface area contributed by atoms with Crippen molar-refractivity contribution in [3.05, 3.63) is 11.9 Å². The molecule has 2 unspecified atom stereocenters. The van der Waals surface area contributed by atoms with Crippen LogP contribution < -0.4 is 5.73 Å². The zero-order valence-electron chi connectivity index (χ0n) is 10.2. The molecule has 0 spiro atoms. The first-order chi connectivity index (χ1) is 8.65. The maximum atomic E-state index is 10.6. The van der Waals surface area contributed by atoms with E-state index in [1.165, 1.54) is 0 Å². The Morgan fingerprint density at radius 2 is 2.56 bits per heavy atom. The van der Waals surface area contributed by atoms with Crippen molar-refractivity contribution in [3.63, 3.8) is 0 Å². The molecule has 0 amide bonds. The van der Waals surface area contributed by atoms with Gasteiger partial charge in [0.1, 0.15) is 6.04 Å². The fourth-order valence-corrected chi connectivity index (χ4v) is 2.00. The van der Waals surface area contributed by atoms with Gasteiger partial charge in [-0.1, -0.05) is 5.21 Å². The third kappa shape index (κ3) is 3.51. The Balaban J connectivity index is 1.80. The highest BCUT2D eigenvalue weighted by molar-refractivity contribution is 5.73. The highest BCUT2D eigenvalue weighted by Crippen LogP contribution is 2.15. The number of aryl methyl sites for hydroxylation is 1. The highest BCUT2D eigenvalue weighted by atomic mass is 16.5. The fourth-order valence-electron chi connectivity index (χ4n) is 2.00. The number of ether oxygens (including phenoxy) is 1. The van der Waals surface area contributed by atoms with Gasteiger partial charge < -0.3 is 15.6 Å². The second-order valence-corrected chi connectivity index (χ2v) is 4.55. The molecule has 1 aliphatic heterocycles. The van der Waals surface area contributed by atoms with Gasteiger partial charge in [0.25, 0.3) is 0 Å².